The number of hydrogen-bond donors (Lipinski definition) is 0. The monoisotopic (exact) mass is 245 g/mol. The van der Waals surface area contributed by atoms with Gasteiger partial charge in [-0.2, -0.15) is 0 Å². The molecule has 2 rings (SSSR count). The minimum Gasteiger partial charge on any atom is -0.465 e. The highest BCUT2D eigenvalue weighted by Gasteiger charge is 2.11. The second-order valence-corrected chi connectivity index (χ2v) is 3.70. The lowest BCUT2D eigenvalue weighted by molar-refractivity contribution is -0.113. The number of hydrogen-bond acceptors (Lipinski definition) is 2. The molecule has 0 N–H and O–H groups in total. The molecule has 4 heteroatoms. The van der Waals surface area contributed by atoms with E-state index in [1.165, 1.54) is 30.4 Å². The largest absolute Gasteiger partial charge is 0.465 e. The van der Waals surface area contributed by atoms with E-state index in [0.717, 1.165) is 0 Å². The molecule has 92 valence electrons. The van der Waals surface area contributed by atoms with Gasteiger partial charge in [-0.15, -0.1) is 0 Å². The summed E-state index contributed by atoms with van der Waals surface area (Å²) in [5, 5.41) is 0. The number of para-hydroxylation sites is 1. The van der Waals surface area contributed by atoms with Crippen LogP contribution < -0.4 is 4.90 Å². The number of nitrogens with zero attached hydrogens (tertiary/aromatic N) is 1. The number of carbonyl (C=O) groups excluding carboxylic acids is 1. The van der Waals surface area contributed by atoms with Crippen LogP contribution in [0.2, 0.25) is 0 Å². The number of rotatable bonds is 3. The molecule has 0 aliphatic heterocycles. The molecule has 1 heterocycles. The Bertz CT molecular complexity index is 561. The summed E-state index contributed by atoms with van der Waals surface area (Å²) in [6.45, 7) is 0. The summed E-state index contributed by atoms with van der Waals surface area (Å²) in [4.78, 5) is 13.1. The molecule has 0 aliphatic rings. The first-order valence-electron chi connectivity index (χ1n) is 5.42. The molecule has 1 aromatic heterocycles. The number of anilines is 1. The van der Waals surface area contributed by atoms with Gasteiger partial charge in [0.25, 0.3) is 5.91 Å². The number of carbonyl (C=O) groups is 1. The number of halogens is 1. The van der Waals surface area contributed by atoms with E-state index in [9.17, 15) is 9.18 Å². The second-order valence-electron chi connectivity index (χ2n) is 3.70. The predicted octanol–water partition coefficient (Wildman–Crippen LogP) is 3.09. The van der Waals surface area contributed by atoms with Crippen molar-refractivity contribution in [2.45, 2.75) is 0 Å². The summed E-state index contributed by atoms with van der Waals surface area (Å²) in [5.74, 6) is -0.179. The van der Waals surface area contributed by atoms with Gasteiger partial charge in [0.05, 0.1) is 12.0 Å². The Labute approximate surface area is 104 Å². The molecule has 18 heavy (non-hydrogen) atoms. The zero-order valence-corrected chi connectivity index (χ0v) is 9.84. The fraction of sp³-hybridized carbons (Fsp3) is 0.0714. The lowest BCUT2D eigenvalue weighted by Crippen LogP contribution is -2.24. The van der Waals surface area contributed by atoms with Crippen LogP contribution in [0.3, 0.4) is 0 Å². The van der Waals surface area contributed by atoms with Crippen LogP contribution >= 0.6 is 0 Å². The Balaban J connectivity index is 2.12. The maximum absolute atomic E-state index is 13.5. The number of benzene rings is 1. The summed E-state index contributed by atoms with van der Waals surface area (Å²) in [6, 6.07) is 9.58. The molecule has 0 aliphatic carbocycles. The maximum Gasteiger partial charge on any atom is 0.250 e. The smallest absolute Gasteiger partial charge is 0.250 e. The quantitative estimate of drug-likeness (QED) is 0.778. The van der Waals surface area contributed by atoms with Crippen molar-refractivity contribution in [2.24, 2.45) is 0 Å². The van der Waals surface area contributed by atoms with Crippen molar-refractivity contribution in [3.05, 3.63) is 60.3 Å². The van der Waals surface area contributed by atoms with Crippen molar-refractivity contribution >= 4 is 17.7 Å². The van der Waals surface area contributed by atoms with E-state index >= 15 is 0 Å². The normalized spacial score (nSPS) is 10.8. The third-order valence-corrected chi connectivity index (χ3v) is 2.48. The Morgan fingerprint density at radius 3 is 2.72 bits per heavy atom. The average molecular weight is 245 g/mol. The van der Waals surface area contributed by atoms with E-state index in [-0.39, 0.29) is 11.6 Å². The van der Waals surface area contributed by atoms with Crippen LogP contribution in [0.25, 0.3) is 6.08 Å². The van der Waals surface area contributed by atoms with Crippen molar-refractivity contribution in [1.29, 1.82) is 0 Å². The molecule has 0 saturated heterocycles. The molecular formula is C14H12FNO2. The minimum atomic E-state index is -0.431. The van der Waals surface area contributed by atoms with Gasteiger partial charge in [-0.3, -0.25) is 4.79 Å². The van der Waals surface area contributed by atoms with Gasteiger partial charge in [-0.1, -0.05) is 12.1 Å². The molecule has 0 atom stereocenters. The third kappa shape index (κ3) is 2.66. The topological polar surface area (TPSA) is 33.5 Å². The zero-order chi connectivity index (χ0) is 13.0. The van der Waals surface area contributed by atoms with Gasteiger partial charge < -0.3 is 9.32 Å². The van der Waals surface area contributed by atoms with E-state index in [1.54, 1.807) is 36.4 Å². The fourth-order valence-electron chi connectivity index (χ4n) is 1.49. The Morgan fingerprint density at radius 2 is 2.06 bits per heavy atom. The molecule has 0 unspecified atom stereocenters. The van der Waals surface area contributed by atoms with Crippen LogP contribution in [0.4, 0.5) is 10.1 Å². The van der Waals surface area contributed by atoms with E-state index < -0.39 is 5.82 Å². The van der Waals surface area contributed by atoms with Gasteiger partial charge >= 0.3 is 0 Å². The summed E-state index contributed by atoms with van der Waals surface area (Å²) in [6.07, 6.45) is 4.40. The summed E-state index contributed by atoms with van der Waals surface area (Å²) >= 11 is 0. The SMILES string of the molecule is CN(C(=O)/C=C/c1ccco1)c1ccccc1F. The van der Waals surface area contributed by atoms with E-state index in [1.807, 2.05) is 0 Å². The molecule has 1 amide bonds. The Kier molecular flexibility index (Phi) is 3.57. The van der Waals surface area contributed by atoms with Gasteiger partial charge in [0.1, 0.15) is 11.6 Å². The molecular weight excluding hydrogens is 233 g/mol. The van der Waals surface area contributed by atoms with E-state index in [4.69, 9.17) is 4.42 Å². The highest BCUT2D eigenvalue weighted by Crippen LogP contribution is 2.17. The highest BCUT2D eigenvalue weighted by molar-refractivity contribution is 6.03. The molecule has 0 fully saturated rings. The molecule has 0 radical (unpaired) electrons. The van der Waals surface area contributed by atoms with Crippen molar-refractivity contribution in [3.63, 3.8) is 0 Å². The standard InChI is InChI=1S/C14H12FNO2/c1-16(13-7-3-2-6-12(13)15)14(17)9-8-11-5-4-10-18-11/h2-10H,1H3/b9-8+. The van der Waals surface area contributed by atoms with Gasteiger partial charge in [-0.05, 0) is 30.3 Å². The second kappa shape index (κ2) is 5.31. The summed E-state index contributed by atoms with van der Waals surface area (Å²) in [5.41, 5.74) is 0.242. The van der Waals surface area contributed by atoms with Crippen LogP contribution in [-0.2, 0) is 4.79 Å². The molecule has 3 nitrogen and oxygen atoms in total. The van der Waals surface area contributed by atoms with Crippen LogP contribution in [-0.4, -0.2) is 13.0 Å². The summed E-state index contributed by atoms with van der Waals surface area (Å²) in [7, 11) is 1.52. The summed E-state index contributed by atoms with van der Waals surface area (Å²) < 4.78 is 18.5. The van der Waals surface area contributed by atoms with Gasteiger partial charge in [-0.25, -0.2) is 4.39 Å². The van der Waals surface area contributed by atoms with Gasteiger partial charge in [0, 0.05) is 13.1 Å². The van der Waals surface area contributed by atoms with Gasteiger partial charge in [0.2, 0.25) is 0 Å². The number of likely N-dealkylation sites (N-methyl/N-ethyl adjacent to an activating group) is 1. The zero-order valence-electron chi connectivity index (χ0n) is 9.84. The van der Waals surface area contributed by atoms with Gasteiger partial charge in [0.15, 0.2) is 0 Å². The lowest BCUT2D eigenvalue weighted by atomic mass is 10.2. The van der Waals surface area contributed by atoms with E-state index in [0.29, 0.717) is 5.76 Å². The molecule has 0 saturated carbocycles. The van der Waals surface area contributed by atoms with Crippen LogP contribution in [0.1, 0.15) is 5.76 Å². The van der Waals surface area contributed by atoms with Crippen LogP contribution in [0.5, 0.6) is 0 Å². The first-order valence-corrected chi connectivity index (χ1v) is 5.42. The van der Waals surface area contributed by atoms with Crippen molar-refractivity contribution < 1.29 is 13.6 Å². The van der Waals surface area contributed by atoms with Crippen molar-refractivity contribution in [3.8, 4) is 0 Å². The third-order valence-electron chi connectivity index (χ3n) is 2.48. The number of amides is 1. The Morgan fingerprint density at radius 1 is 1.28 bits per heavy atom. The van der Waals surface area contributed by atoms with E-state index in [2.05, 4.69) is 0 Å². The first-order chi connectivity index (χ1) is 8.68. The van der Waals surface area contributed by atoms with Crippen LogP contribution in [0, 0.1) is 5.82 Å². The Hall–Kier alpha value is -2.36. The average Bonchev–Trinajstić information content (AvgIpc) is 2.89. The lowest BCUT2D eigenvalue weighted by Gasteiger charge is -2.15. The molecule has 0 spiro atoms. The first kappa shape index (κ1) is 12.1. The van der Waals surface area contributed by atoms with Crippen LogP contribution in [0.15, 0.2) is 53.2 Å². The number of furan rings is 1. The maximum atomic E-state index is 13.5. The molecule has 1 aromatic carbocycles. The fourth-order valence-corrected chi connectivity index (χ4v) is 1.49. The molecule has 0 bridgehead atoms. The van der Waals surface area contributed by atoms with Crippen molar-refractivity contribution in [1.82, 2.24) is 0 Å². The minimum absolute atomic E-state index is 0.242. The van der Waals surface area contributed by atoms with Crippen molar-refractivity contribution in [2.75, 3.05) is 11.9 Å². The highest BCUT2D eigenvalue weighted by atomic mass is 19.1. The predicted molar refractivity (Wildman–Crippen MR) is 67.6 cm³/mol. The molecule has 2 aromatic rings.